The lowest BCUT2D eigenvalue weighted by atomic mass is 10.1. The van der Waals surface area contributed by atoms with Crippen LogP contribution < -0.4 is 5.32 Å². The predicted octanol–water partition coefficient (Wildman–Crippen LogP) is 2.33. The molecule has 1 aromatic rings. The normalized spacial score (nSPS) is 11.2. The lowest BCUT2D eigenvalue weighted by Gasteiger charge is -2.13. The van der Waals surface area contributed by atoms with Gasteiger partial charge in [0.2, 0.25) is 5.91 Å². The van der Waals surface area contributed by atoms with Crippen molar-refractivity contribution in [2.75, 3.05) is 0 Å². The molecule has 1 aromatic carbocycles. The summed E-state index contributed by atoms with van der Waals surface area (Å²) in [5, 5.41) is 10.5. The second-order valence-electron chi connectivity index (χ2n) is 3.97. The first-order chi connectivity index (χ1) is 9.20. The highest BCUT2D eigenvalue weighted by molar-refractivity contribution is 5.80. The van der Waals surface area contributed by atoms with Gasteiger partial charge < -0.3 is 10.4 Å². The molecule has 0 radical (unpaired) electrons. The molecule has 0 saturated carbocycles. The van der Waals surface area contributed by atoms with Gasteiger partial charge in [0, 0.05) is 13.0 Å². The fraction of sp³-hybridized carbons (Fsp3) is 0.333. The summed E-state index contributed by atoms with van der Waals surface area (Å²) < 4.78 is 50.8. The molecule has 1 rings (SSSR count). The molecule has 20 heavy (non-hydrogen) atoms. The molecule has 0 spiro atoms. The standard InChI is InChI=1S/C12H11F4NO3/c13-8-2-1-7(9(5-8)12(14,15)16)6-17-10(18)3-4-11(19)20/h1-2,5H,3-4,6H2,(H,17,18)(H,19,20). The first kappa shape index (κ1) is 15.9. The van der Waals surface area contributed by atoms with Crippen molar-refractivity contribution in [2.45, 2.75) is 25.6 Å². The van der Waals surface area contributed by atoms with Crippen molar-refractivity contribution in [3.63, 3.8) is 0 Å². The molecule has 0 aliphatic rings. The average molecular weight is 293 g/mol. The number of aliphatic carboxylic acids is 1. The smallest absolute Gasteiger partial charge is 0.416 e. The van der Waals surface area contributed by atoms with E-state index in [0.717, 1.165) is 12.1 Å². The zero-order chi connectivity index (χ0) is 15.3. The minimum Gasteiger partial charge on any atom is -0.481 e. The minimum absolute atomic E-state index is 0.289. The van der Waals surface area contributed by atoms with Gasteiger partial charge in [0.15, 0.2) is 0 Å². The molecule has 0 saturated heterocycles. The number of hydrogen-bond acceptors (Lipinski definition) is 2. The number of carboxylic acid groups (broad SMARTS) is 1. The van der Waals surface area contributed by atoms with Crippen LogP contribution in [0.4, 0.5) is 17.6 Å². The van der Waals surface area contributed by atoms with Crippen LogP contribution in [0.25, 0.3) is 0 Å². The summed E-state index contributed by atoms with van der Waals surface area (Å²) >= 11 is 0. The van der Waals surface area contributed by atoms with Crippen molar-refractivity contribution in [3.8, 4) is 0 Å². The van der Waals surface area contributed by atoms with Gasteiger partial charge in [-0.1, -0.05) is 6.07 Å². The highest BCUT2D eigenvalue weighted by Gasteiger charge is 2.33. The molecule has 0 bridgehead atoms. The molecule has 2 N–H and O–H groups in total. The number of carbonyl (C=O) groups is 2. The molecular weight excluding hydrogens is 282 g/mol. The Bertz CT molecular complexity index is 514. The Morgan fingerprint density at radius 1 is 1.20 bits per heavy atom. The van der Waals surface area contributed by atoms with Crippen molar-refractivity contribution in [1.82, 2.24) is 5.32 Å². The number of halogens is 4. The third-order valence-corrected chi connectivity index (χ3v) is 2.42. The van der Waals surface area contributed by atoms with E-state index in [1.165, 1.54) is 0 Å². The Morgan fingerprint density at radius 2 is 1.85 bits per heavy atom. The van der Waals surface area contributed by atoms with Crippen LogP contribution in [0, 0.1) is 5.82 Å². The van der Waals surface area contributed by atoms with Crippen molar-refractivity contribution in [3.05, 3.63) is 35.1 Å². The van der Waals surface area contributed by atoms with Crippen LogP contribution in [-0.2, 0) is 22.3 Å². The van der Waals surface area contributed by atoms with Gasteiger partial charge >= 0.3 is 12.1 Å². The molecule has 0 atom stereocenters. The lowest BCUT2D eigenvalue weighted by Crippen LogP contribution is -2.25. The Balaban J connectivity index is 2.73. The Labute approximate surface area is 111 Å². The fourth-order valence-corrected chi connectivity index (χ4v) is 1.47. The first-order valence-electron chi connectivity index (χ1n) is 5.54. The molecule has 0 unspecified atom stereocenters. The topological polar surface area (TPSA) is 66.4 Å². The third-order valence-electron chi connectivity index (χ3n) is 2.42. The van der Waals surface area contributed by atoms with E-state index < -0.39 is 42.4 Å². The molecule has 1 amide bonds. The fourth-order valence-electron chi connectivity index (χ4n) is 1.47. The van der Waals surface area contributed by atoms with Gasteiger partial charge in [-0.05, 0) is 17.7 Å². The third kappa shape index (κ3) is 4.87. The summed E-state index contributed by atoms with van der Waals surface area (Å²) in [7, 11) is 0. The molecule has 8 heteroatoms. The van der Waals surface area contributed by atoms with Crippen molar-refractivity contribution >= 4 is 11.9 Å². The van der Waals surface area contributed by atoms with Gasteiger partial charge in [0.25, 0.3) is 0 Å². The maximum absolute atomic E-state index is 12.8. The largest absolute Gasteiger partial charge is 0.481 e. The predicted molar refractivity (Wildman–Crippen MR) is 60.1 cm³/mol. The number of alkyl halides is 3. The number of benzene rings is 1. The monoisotopic (exact) mass is 293 g/mol. The number of carbonyl (C=O) groups excluding carboxylic acids is 1. The molecule has 0 fully saturated rings. The van der Waals surface area contributed by atoms with E-state index in [0.29, 0.717) is 6.07 Å². The second-order valence-corrected chi connectivity index (χ2v) is 3.97. The Morgan fingerprint density at radius 3 is 2.40 bits per heavy atom. The molecule has 110 valence electrons. The van der Waals surface area contributed by atoms with Crippen LogP contribution in [0.1, 0.15) is 24.0 Å². The van der Waals surface area contributed by atoms with Gasteiger partial charge in [-0.3, -0.25) is 9.59 Å². The second kappa shape index (κ2) is 6.36. The van der Waals surface area contributed by atoms with Gasteiger partial charge in [-0.25, -0.2) is 4.39 Å². The summed E-state index contributed by atoms with van der Waals surface area (Å²) in [6.45, 7) is -0.451. The highest BCUT2D eigenvalue weighted by Crippen LogP contribution is 2.32. The number of carboxylic acids is 1. The van der Waals surface area contributed by atoms with Crippen molar-refractivity contribution in [1.29, 1.82) is 0 Å². The lowest BCUT2D eigenvalue weighted by molar-refractivity contribution is -0.138. The molecular formula is C12H11F4NO3. The van der Waals surface area contributed by atoms with Crippen LogP contribution in [-0.4, -0.2) is 17.0 Å². The van der Waals surface area contributed by atoms with E-state index in [4.69, 9.17) is 5.11 Å². The molecule has 0 heterocycles. The van der Waals surface area contributed by atoms with Gasteiger partial charge in [0.05, 0.1) is 12.0 Å². The van der Waals surface area contributed by atoms with E-state index >= 15 is 0 Å². The first-order valence-corrected chi connectivity index (χ1v) is 5.54. The van der Waals surface area contributed by atoms with E-state index in [-0.39, 0.29) is 12.0 Å². The summed E-state index contributed by atoms with van der Waals surface area (Å²) in [6.07, 6.45) is -5.48. The quantitative estimate of drug-likeness (QED) is 0.819. The van der Waals surface area contributed by atoms with Gasteiger partial charge in [-0.15, -0.1) is 0 Å². The Kier molecular flexibility index (Phi) is 5.06. The van der Waals surface area contributed by atoms with Crippen LogP contribution in [0.5, 0.6) is 0 Å². The summed E-state index contributed by atoms with van der Waals surface area (Å²) in [4.78, 5) is 21.4. The maximum Gasteiger partial charge on any atom is 0.416 e. The molecule has 4 nitrogen and oxygen atoms in total. The maximum atomic E-state index is 12.8. The van der Waals surface area contributed by atoms with E-state index in [1.807, 2.05) is 0 Å². The van der Waals surface area contributed by atoms with Gasteiger partial charge in [0.1, 0.15) is 5.82 Å². The SMILES string of the molecule is O=C(O)CCC(=O)NCc1ccc(F)cc1C(F)(F)F. The van der Waals surface area contributed by atoms with E-state index in [1.54, 1.807) is 0 Å². The van der Waals surface area contributed by atoms with E-state index in [9.17, 15) is 27.2 Å². The summed E-state index contributed by atoms with van der Waals surface area (Å²) in [6, 6.07) is 2.13. The van der Waals surface area contributed by atoms with Crippen molar-refractivity contribution in [2.24, 2.45) is 0 Å². The highest BCUT2D eigenvalue weighted by atomic mass is 19.4. The number of nitrogens with one attached hydrogen (secondary N) is 1. The number of rotatable bonds is 5. The van der Waals surface area contributed by atoms with E-state index in [2.05, 4.69) is 5.32 Å². The zero-order valence-electron chi connectivity index (χ0n) is 10.1. The van der Waals surface area contributed by atoms with Crippen molar-refractivity contribution < 1.29 is 32.3 Å². The minimum atomic E-state index is -4.73. The van der Waals surface area contributed by atoms with Gasteiger partial charge in [-0.2, -0.15) is 13.2 Å². The molecule has 0 aliphatic heterocycles. The summed E-state index contributed by atoms with van der Waals surface area (Å²) in [5.41, 5.74) is -1.46. The summed E-state index contributed by atoms with van der Waals surface area (Å²) in [5.74, 6) is -2.90. The zero-order valence-corrected chi connectivity index (χ0v) is 10.1. The average Bonchev–Trinajstić information content (AvgIpc) is 2.33. The van der Waals surface area contributed by atoms with Crippen LogP contribution in [0.15, 0.2) is 18.2 Å². The van der Waals surface area contributed by atoms with Crippen LogP contribution in [0.3, 0.4) is 0 Å². The van der Waals surface area contributed by atoms with Crippen LogP contribution in [0.2, 0.25) is 0 Å². The molecule has 0 aliphatic carbocycles. The number of amides is 1. The molecule has 0 aromatic heterocycles. The van der Waals surface area contributed by atoms with Crippen LogP contribution >= 0.6 is 0 Å². The number of hydrogen-bond donors (Lipinski definition) is 2. The Hall–Kier alpha value is -2.12.